The summed E-state index contributed by atoms with van der Waals surface area (Å²) in [4.78, 5) is 30.5. The lowest BCUT2D eigenvalue weighted by Gasteiger charge is -2.33. The van der Waals surface area contributed by atoms with Crippen molar-refractivity contribution in [3.8, 4) is 0 Å². The van der Waals surface area contributed by atoms with Crippen LogP contribution in [-0.2, 0) is 7.05 Å². The van der Waals surface area contributed by atoms with Crippen molar-refractivity contribution in [3.05, 3.63) is 45.1 Å². The van der Waals surface area contributed by atoms with Crippen molar-refractivity contribution in [2.45, 2.75) is 18.9 Å². The summed E-state index contributed by atoms with van der Waals surface area (Å²) in [5.41, 5.74) is 0.586. The molecule has 1 fully saturated rings. The predicted molar refractivity (Wildman–Crippen MR) is 86.5 cm³/mol. The molecule has 0 aliphatic carbocycles. The molecule has 1 N–H and O–H groups in total. The number of aryl methyl sites for hydroxylation is 1. The number of thiophene rings is 1. The van der Waals surface area contributed by atoms with Crippen LogP contribution in [0.25, 0.3) is 0 Å². The van der Waals surface area contributed by atoms with Gasteiger partial charge in [0, 0.05) is 49.5 Å². The number of rotatable bonds is 3. The van der Waals surface area contributed by atoms with Gasteiger partial charge in [-0.2, -0.15) is 11.3 Å². The third-order valence-corrected chi connectivity index (χ3v) is 4.52. The van der Waals surface area contributed by atoms with Crippen LogP contribution in [0.2, 0.25) is 0 Å². The molecule has 0 spiro atoms. The minimum absolute atomic E-state index is 0.0351. The molecule has 1 aliphatic heterocycles. The molecule has 0 saturated carbocycles. The van der Waals surface area contributed by atoms with Crippen molar-refractivity contribution in [1.29, 1.82) is 0 Å². The molecule has 0 radical (unpaired) electrons. The Bertz CT molecular complexity index is 711. The van der Waals surface area contributed by atoms with Gasteiger partial charge in [-0.05, 0) is 24.3 Å². The number of amides is 1. The first-order valence-electron chi connectivity index (χ1n) is 7.25. The van der Waals surface area contributed by atoms with Crippen LogP contribution >= 0.6 is 11.3 Å². The maximum absolute atomic E-state index is 12.2. The molecule has 2 aromatic heterocycles. The number of carbonyl (C=O) groups is 1. The fourth-order valence-corrected chi connectivity index (χ4v) is 3.29. The Hall–Kier alpha value is -2.15. The average Bonchev–Trinajstić information content (AvgIpc) is 3.05. The lowest BCUT2D eigenvalue weighted by atomic mass is 10.1. The minimum atomic E-state index is -0.104. The quantitative estimate of drug-likeness (QED) is 0.924. The second kappa shape index (κ2) is 6.31. The Kier molecular flexibility index (Phi) is 4.24. The van der Waals surface area contributed by atoms with Crippen LogP contribution in [-0.4, -0.2) is 34.6 Å². The summed E-state index contributed by atoms with van der Waals surface area (Å²) < 4.78 is 1.52. The van der Waals surface area contributed by atoms with E-state index in [1.807, 2.05) is 21.7 Å². The van der Waals surface area contributed by atoms with Crippen LogP contribution in [0.5, 0.6) is 0 Å². The number of carbonyl (C=O) groups excluding carboxylic acids is 1. The van der Waals surface area contributed by atoms with E-state index in [4.69, 9.17) is 0 Å². The van der Waals surface area contributed by atoms with Crippen molar-refractivity contribution in [2.75, 3.05) is 18.0 Å². The predicted octanol–water partition coefficient (Wildman–Crippen LogP) is 1.24. The molecule has 3 rings (SSSR count). The standard InChI is InChI=1S/C15H18N4O2S/c1-18-7-5-16-13(15(18)21)19-6-2-3-12(9-19)17-14(20)11-4-8-22-10-11/h4-5,7-8,10,12H,2-3,6,9H2,1H3,(H,17,20)/t12-/m1/s1. The van der Waals surface area contributed by atoms with Crippen LogP contribution in [0.15, 0.2) is 34.0 Å². The molecular formula is C15H18N4O2S. The molecule has 2 aromatic rings. The van der Waals surface area contributed by atoms with Crippen LogP contribution < -0.4 is 15.8 Å². The summed E-state index contributed by atoms with van der Waals surface area (Å²) in [6.07, 6.45) is 5.11. The minimum Gasteiger partial charge on any atom is -0.350 e. The van der Waals surface area contributed by atoms with E-state index in [0.29, 0.717) is 17.9 Å². The van der Waals surface area contributed by atoms with E-state index in [1.165, 1.54) is 15.9 Å². The Morgan fingerprint density at radius 2 is 2.36 bits per heavy atom. The zero-order valence-corrected chi connectivity index (χ0v) is 13.2. The Balaban J connectivity index is 1.70. The third-order valence-electron chi connectivity index (χ3n) is 3.84. The van der Waals surface area contributed by atoms with E-state index in [9.17, 15) is 9.59 Å². The van der Waals surface area contributed by atoms with Crippen molar-refractivity contribution in [1.82, 2.24) is 14.9 Å². The number of piperidine rings is 1. The van der Waals surface area contributed by atoms with E-state index >= 15 is 0 Å². The number of hydrogen-bond donors (Lipinski definition) is 1. The van der Waals surface area contributed by atoms with Gasteiger partial charge in [-0.1, -0.05) is 0 Å². The molecule has 0 bridgehead atoms. The highest BCUT2D eigenvalue weighted by Crippen LogP contribution is 2.15. The third kappa shape index (κ3) is 3.04. The lowest BCUT2D eigenvalue weighted by molar-refractivity contribution is 0.0933. The molecule has 0 unspecified atom stereocenters. The van der Waals surface area contributed by atoms with Crippen LogP contribution in [0.4, 0.5) is 5.82 Å². The summed E-state index contributed by atoms with van der Waals surface area (Å²) in [5.74, 6) is 0.404. The van der Waals surface area contributed by atoms with Gasteiger partial charge in [-0.3, -0.25) is 9.59 Å². The summed E-state index contributed by atoms with van der Waals surface area (Å²) in [6.45, 7) is 1.40. The second-order valence-corrected chi connectivity index (χ2v) is 6.22. The number of anilines is 1. The van der Waals surface area contributed by atoms with Gasteiger partial charge in [0.15, 0.2) is 5.82 Å². The van der Waals surface area contributed by atoms with E-state index in [0.717, 1.165) is 19.4 Å². The highest BCUT2D eigenvalue weighted by molar-refractivity contribution is 7.08. The van der Waals surface area contributed by atoms with E-state index < -0.39 is 0 Å². The molecule has 1 saturated heterocycles. The molecule has 6 nitrogen and oxygen atoms in total. The molecule has 116 valence electrons. The largest absolute Gasteiger partial charge is 0.350 e. The zero-order valence-electron chi connectivity index (χ0n) is 12.4. The molecule has 1 atom stereocenters. The van der Waals surface area contributed by atoms with Gasteiger partial charge < -0.3 is 14.8 Å². The summed E-state index contributed by atoms with van der Waals surface area (Å²) >= 11 is 1.51. The molecule has 0 aromatic carbocycles. The lowest BCUT2D eigenvalue weighted by Crippen LogP contribution is -2.49. The number of aromatic nitrogens is 2. The monoisotopic (exact) mass is 318 g/mol. The Labute approximate surface area is 132 Å². The van der Waals surface area contributed by atoms with E-state index in [-0.39, 0.29) is 17.5 Å². The maximum Gasteiger partial charge on any atom is 0.293 e. The normalized spacial score (nSPS) is 18.2. The van der Waals surface area contributed by atoms with Gasteiger partial charge in [0.25, 0.3) is 11.5 Å². The maximum atomic E-state index is 12.2. The first-order valence-corrected chi connectivity index (χ1v) is 8.19. The van der Waals surface area contributed by atoms with Crippen molar-refractivity contribution in [2.24, 2.45) is 7.05 Å². The fraction of sp³-hybridized carbons (Fsp3) is 0.400. The van der Waals surface area contributed by atoms with Crippen LogP contribution in [0, 0.1) is 0 Å². The van der Waals surface area contributed by atoms with Crippen LogP contribution in [0.1, 0.15) is 23.2 Å². The summed E-state index contributed by atoms with van der Waals surface area (Å²) in [6, 6.07) is 1.85. The number of nitrogens with zero attached hydrogens (tertiary/aromatic N) is 3. The van der Waals surface area contributed by atoms with Gasteiger partial charge in [-0.25, -0.2) is 4.98 Å². The van der Waals surface area contributed by atoms with E-state index in [1.54, 1.807) is 19.4 Å². The number of hydrogen-bond acceptors (Lipinski definition) is 5. The van der Waals surface area contributed by atoms with Gasteiger partial charge in [0.1, 0.15) is 0 Å². The van der Waals surface area contributed by atoms with Crippen LogP contribution in [0.3, 0.4) is 0 Å². The van der Waals surface area contributed by atoms with Crippen molar-refractivity contribution in [3.63, 3.8) is 0 Å². The smallest absolute Gasteiger partial charge is 0.293 e. The molecule has 1 amide bonds. The zero-order chi connectivity index (χ0) is 15.5. The van der Waals surface area contributed by atoms with Gasteiger partial charge in [0.2, 0.25) is 0 Å². The SMILES string of the molecule is Cn1ccnc(N2CCC[C@@H](NC(=O)c3ccsc3)C2)c1=O. The highest BCUT2D eigenvalue weighted by Gasteiger charge is 2.24. The van der Waals surface area contributed by atoms with Crippen molar-refractivity contribution < 1.29 is 4.79 Å². The molecule has 1 aliphatic rings. The first-order chi connectivity index (χ1) is 10.6. The molecule has 7 heteroatoms. The van der Waals surface area contributed by atoms with Crippen molar-refractivity contribution >= 4 is 23.1 Å². The number of nitrogens with one attached hydrogen (secondary N) is 1. The van der Waals surface area contributed by atoms with Gasteiger partial charge >= 0.3 is 0 Å². The topological polar surface area (TPSA) is 67.2 Å². The first kappa shape index (κ1) is 14.8. The summed E-state index contributed by atoms with van der Waals surface area (Å²) in [5, 5.41) is 6.77. The fourth-order valence-electron chi connectivity index (χ4n) is 2.65. The van der Waals surface area contributed by atoms with E-state index in [2.05, 4.69) is 10.3 Å². The second-order valence-electron chi connectivity index (χ2n) is 5.44. The van der Waals surface area contributed by atoms with Gasteiger partial charge in [-0.15, -0.1) is 0 Å². The highest BCUT2D eigenvalue weighted by atomic mass is 32.1. The summed E-state index contributed by atoms with van der Waals surface area (Å²) in [7, 11) is 1.72. The van der Waals surface area contributed by atoms with Gasteiger partial charge in [0.05, 0.1) is 0 Å². The molecular weight excluding hydrogens is 300 g/mol. The molecule has 3 heterocycles. The Morgan fingerprint density at radius 1 is 1.50 bits per heavy atom. The Morgan fingerprint density at radius 3 is 3.14 bits per heavy atom. The molecule has 22 heavy (non-hydrogen) atoms. The average molecular weight is 318 g/mol.